The van der Waals surface area contributed by atoms with Gasteiger partial charge in [0.05, 0.1) is 12.1 Å². The van der Waals surface area contributed by atoms with Crippen LogP contribution in [-0.2, 0) is 10.4 Å². The molecule has 1 N–H and O–H groups in total. The van der Waals surface area contributed by atoms with E-state index in [1.54, 1.807) is 42.5 Å². The van der Waals surface area contributed by atoms with Crippen LogP contribution in [0.1, 0.15) is 29.3 Å². The van der Waals surface area contributed by atoms with Gasteiger partial charge in [-0.1, -0.05) is 30.4 Å². The normalized spacial score (nSPS) is 20.1. The molecule has 0 unspecified atom stereocenters. The zero-order valence-corrected chi connectivity index (χ0v) is 15.6. The van der Waals surface area contributed by atoms with Gasteiger partial charge in [0.15, 0.2) is 22.9 Å². The zero-order valence-electron chi connectivity index (χ0n) is 15.6. The Hall–Kier alpha value is -3.12. The maximum Gasteiger partial charge on any atom is 0.264 e. The molecular weight excluding hydrogens is 358 g/mol. The Morgan fingerprint density at radius 1 is 1.18 bits per heavy atom. The number of rotatable bonds is 5. The van der Waals surface area contributed by atoms with Crippen LogP contribution in [0.5, 0.6) is 11.5 Å². The summed E-state index contributed by atoms with van der Waals surface area (Å²) in [5.41, 5.74) is 0.281. The third-order valence-corrected chi connectivity index (χ3v) is 4.95. The van der Waals surface area contributed by atoms with E-state index in [9.17, 15) is 14.7 Å². The van der Waals surface area contributed by atoms with Crippen molar-refractivity contribution in [2.24, 2.45) is 0 Å². The minimum Gasteiger partial charge on any atom is -0.486 e. The number of ether oxygens (including phenoxy) is 2. The van der Waals surface area contributed by atoms with Gasteiger partial charge in [-0.25, -0.2) is 0 Å². The standard InChI is InChI=1S/C22H21NO5/c1-14(2)13-23-17-6-4-3-5-16(17)22(26,21(23)25)12-18(24)15-7-8-19-20(11-15)28-10-9-27-19/h3-8,11,26H,1,9-10,12-13H2,2H3/t22-/m0/s1. The van der Waals surface area contributed by atoms with E-state index in [2.05, 4.69) is 6.58 Å². The second kappa shape index (κ2) is 6.80. The van der Waals surface area contributed by atoms with Gasteiger partial charge in [0, 0.05) is 17.7 Å². The predicted molar refractivity (Wildman–Crippen MR) is 104 cm³/mol. The van der Waals surface area contributed by atoms with Gasteiger partial charge >= 0.3 is 0 Å². The highest BCUT2D eigenvalue weighted by Gasteiger charge is 2.50. The molecule has 28 heavy (non-hydrogen) atoms. The van der Waals surface area contributed by atoms with Crippen molar-refractivity contribution < 1.29 is 24.2 Å². The number of para-hydroxylation sites is 1. The third kappa shape index (κ3) is 2.96. The van der Waals surface area contributed by atoms with Crippen molar-refractivity contribution in [3.8, 4) is 11.5 Å². The van der Waals surface area contributed by atoms with Crippen LogP contribution in [0.4, 0.5) is 5.69 Å². The molecule has 2 aliphatic rings. The van der Waals surface area contributed by atoms with Crippen molar-refractivity contribution in [2.45, 2.75) is 18.9 Å². The monoisotopic (exact) mass is 379 g/mol. The molecule has 0 bridgehead atoms. The van der Waals surface area contributed by atoms with Crippen LogP contribution < -0.4 is 14.4 Å². The van der Waals surface area contributed by atoms with Crippen molar-refractivity contribution in [2.75, 3.05) is 24.7 Å². The first-order valence-corrected chi connectivity index (χ1v) is 9.11. The summed E-state index contributed by atoms with van der Waals surface area (Å²) in [5, 5.41) is 11.3. The number of benzene rings is 2. The van der Waals surface area contributed by atoms with Crippen molar-refractivity contribution >= 4 is 17.4 Å². The van der Waals surface area contributed by atoms with Gasteiger partial charge in [0.2, 0.25) is 0 Å². The zero-order chi connectivity index (χ0) is 19.9. The Morgan fingerprint density at radius 2 is 1.89 bits per heavy atom. The fraction of sp³-hybridized carbons (Fsp3) is 0.273. The van der Waals surface area contributed by atoms with Crippen molar-refractivity contribution in [3.63, 3.8) is 0 Å². The van der Waals surface area contributed by atoms with Crippen LogP contribution in [0.2, 0.25) is 0 Å². The molecule has 2 aromatic rings. The number of ketones is 1. The molecule has 1 atom stereocenters. The number of hydrogen-bond acceptors (Lipinski definition) is 5. The molecule has 2 aliphatic heterocycles. The third-order valence-electron chi connectivity index (χ3n) is 4.95. The van der Waals surface area contributed by atoms with Crippen molar-refractivity contribution in [1.82, 2.24) is 0 Å². The summed E-state index contributed by atoms with van der Waals surface area (Å²) in [6.45, 7) is 6.83. The summed E-state index contributed by atoms with van der Waals surface area (Å²) in [4.78, 5) is 27.5. The SMILES string of the molecule is C=C(C)CN1C(=O)[C@](O)(CC(=O)c2ccc3c(c2)OCCO3)c2ccccc21. The van der Waals surface area contributed by atoms with E-state index in [1.165, 1.54) is 4.90 Å². The smallest absolute Gasteiger partial charge is 0.264 e. The topological polar surface area (TPSA) is 76.1 Å². The van der Waals surface area contributed by atoms with Crippen molar-refractivity contribution in [3.05, 3.63) is 65.7 Å². The van der Waals surface area contributed by atoms with Crippen LogP contribution in [-0.4, -0.2) is 36.6 Å². The first kappa shape index (κ1) is 18.3. The number of aliphatic hydroxyl groups is 1. The molecule has 0 saturated heterocycles. The number of fused-ring (bicyclic) bond motifs is 2. The molecule has 144 valence electrons. The fourth-order valence-electron chi connectivity index (χ4n) is 3.66. The van der Waals surface area contributed by atoms with E-state index in [-0.39, 0.29) is 18.7 Å². The van der Waals surface area contributed by atoms with Gasteiger partial charge in [-0.15, -0.1) is 0 Å². The highest BCUT2D eigenvalue weighted by Crippen LogP contribution is 2.43. The van der Waals surface area contributed by atoms with Crippen LogP contribution in [0.3, 0.4) is 0 Å². The molecule has 0 radical (unpaired) electrons. The summed E-state index contributed by atoms with van der Waals surface area (Å²) < 4.78 is 11.0. The molecule has 6 heteroatoms. The van der Waals surface area contributed by atoms with Gasteiger partial charge in [0.25, 0.3) is 5.91 Å². The first-order chi connectivity index (χ1) is 13.4. The van der Waals surface area contributed by atoms with Gasteiger partial charge < -0.3 is 19.5 Å². The molecule has 4 rings (SSSR count). The summed E-state index contributed by atoms with van der Waals surface area (Å²) in [6, 6.07) is 11.9. The summed E-state index contributed by atoms with van der Waals surface area (Å²) in [5.74, 6) is 0.213. The van der Waals surface area contributed by atoms with Crippen LogP contribution in [0.25, 0.3) is 0 Å². The molecule has 1 amide bonds. The quantitative estimate of drug-likeness (QED) is 0.639. The van der Waals surface area contributed by atoms with E-state index in [1.807, 2.05) is 6.92 Å². The summed E-state index contributed by atoms with van der Waals surface area (Å²) >= 11 is 0. The van der Waals surface area contributed by atoms with Crippen molar-refractivity contribution in [1.29, 1.82) is 0 Å². The molecule has 0 fully saturated rings. The molecule has 0 aromatic heterocycles. The van der Waals surface area contributed by atoms with Gasteiger partial charge in [-0.3, -0.25) is 9.59 Å². The number of carbonyl (C=O) groups excluding carboxylic acids is 2. The number of hydrogen-bond donors (Lipinski definition) is 1. The van der Waals surface area contributed by atoms with E-state index < -0.39 is 11.5 Å². The average Bonchev–Trinajstić information content (AvgIpc) is 2.89. The van der Waals surface area contributed by atoms with Gasteiger partial charge in [-0.05, 0) is 31.2 Å². The lowest BCUT2D eigenvalue weighted by atomic mass is 9.88. The van der Waals surface area contributed by atoms with Crippen LogP contribution in [0.15, 0.2) is 54.6 Å². The van der Waals surface area contributed by atoms with E-state index >= 15 is 0 Å². The molecule has 0 spiro atoms. The van der Waals surface area contributed by atoms with Gasteiger partial charge in [0.1, 0.15) is 13.2 Å². The van der Waals surface area contributed by atoms with E-state index in [0.717, 1.165) is 5.57 Å². The molecule has 0 saturated carbocycles. The van der Waals surface area contributed by atoms with Crippen LogP contribution in [0, 0.1) is 0 Å². The first-order valence-electron chi connectivity index (χ1n) is 9.11. The number of nitrogens with zero attached hydrogens (tertiary/aromatic N) is 1. The second-order valence-corrected chi connectivity index (χ2v) is 7.18. The molecule has 0 aliphatic carbocycles. The molecule has 6 nitrogen and oxygen atoms in total. The number of amides is 1. The van der Waals surface area contributed by atoms with E-state index in [0.29, 0.717) is 41.5 Å². The highest BCUT2D eigenvalue weighted by atomic mass is 16.6. The second-order valence-electron chi connectivity index (χ2n) is 7.18. The number of carbonyl (C=O) groups is 2. The van der Waals surface area contributed by atoms with Crippen LogP contribution >= 0.6 is 0 Å². The molecule has 2 heterocycles. The number of anilines is 1. The minimum absolute atomic E-state index is 0.288. The Balaban J connectivity index is 1.66. The maximum absolute atomic E-state index is 13.1. The minimum atomic E-state index is -1.91. The predicted octanol–water partition coefficient (Wildman–Crippen LogP) is 2.84. The molecular formula is C22H21NO5. The summed E-state index contributed by atoms with van der Waals surface area (Å²) in [6.07, 6.45) is -0.352. The largest absolute Gasteiger partial charge is 0.486 e. The number of Topliss-reactive ketones (excluding diaryl/α,β-unsaturated/α-hetero) is 1. The highest BCUT2D eigenvalue weighted by molar-refractivity contribution is 6.11. The lowest BCUT2D eigenvalue weighted by Crippen LogP contribution is -2.42. The lowest BCUT2D eigenvalue weighted by Gasteiger charge is -2.23. The fourth-order valence-corrected chi connectivity index (χ4v) is 3.66. The Labute approximate surface area is 163 Å². The summed E-state index contributed by atoms with van der Waals surface area (Å²) in [7, 11) is 0. The Bertz CT molecular complexity index is 983. The lowest BCUT2D eigenvalue weighted by molar-refractivity contribution is -0.135. The average molecular weight is 379 g/mol. The Kier molecular flexibility index (Phi) is 4.43. The van der Waals surface area contributed by atoms with Gasteiger partial charge in [-0.2, -0.15) is 0 Å². The molecule has 2 aromatic carbocycles. The maximum atomic E-state index is 13.1. The Morgan fingerprint density at radius 3 is 2.64 bits per heavy atom. The van der Waals surface area contributed by atoms with E-state index in [4.69, 9.17) is 9.47 Å².